The van der Waals surface area contributed by atoms with Crippen LogP contribution in [0.2, 0.25) is 0 Å². The van der Waals surface area contributed by atoms with E-state index in [0.717, 1.165) is 74.6 Å². The van der Waals surface area contributed by atoms with Crippen molar-refractivity contribution >= 4 is 21.0 Å². The second-order valence-electron chi connectivity index (χ2n) is 11.4. The molecule has 0 amide bonds. The molecular formula is C32H41F6NO3S. The lowest BCUT2D eigenvalue weighted by Crippen LogP contribution is -2.38. The molecule has 0 spiro atoms. The summed E-state index contributed by atoms with van der Waals surface area (Å²) in [6.45, 7) is 1.40. The highest BCUT2D eigenvalue weighted by molar-refractivity contribution is 7.91. The standard InChI is InChI=1S/C32H41F6NO3S/c1-39(20-6-7-21-43(41,42)22-18-31(34,35)32(36,37)38)19-5-3-2-4-10-30-28(24-12-14-26(33)15-13-24)11-8-9-25-23-27(40)16-17-29(25)30/h12-17,23,40H,2-11,18-22H2,1H3. The summed E-state index contributed by atoms with van der Waals surface area (Å²) < 4.78 is 100. The number of hydrogen-bond acceptors (Lipinski definition) is 4. The fraction of sp³-hybridized carbons (Fsp3) is 0.562. The zero-order valence-corrected chi connectivity index (χ0v) is 25.4. The first kappa shape index (κ1) is 35.0. The van der Waals surface area contributed by atoms with E-state index in [1.165, 1.54) is 23.3 Å². The first-order valence-corrected chi connectivity index (χ1v) is 16.6. The van der Waals surface area contributed by atoms with Crippen LogP contribution in [0.4, 0.5) is 26.3 Å². The number of phenolic OH excluding ortho intramolecular Hbond substituents is 1. The molecule has 11 heteroatoms. The second-order valence-corrected chi connectivity index (χ2v) is 13.7. The van der Waals surface area contributed by atoms with Crippen molar-refractivity contribution in [3.05, 3.63) is 65.0 Å². The van der Waals surface area contributed by atoms with E-state index in [1.54, 1.807) is 6.07 Å². The maximum Gasteiger partial charge on any atom is 0.453 e. The van der Waals surface area contributed by atoms with Gasteiger partial charge in [0.15, 0.2) is 9.84 Å². The van der Waals surface area contributed by atoms with Crippen LogP contribution < -0.4 is 0 Å². The molecule has 1 aliphatic rings. The van der Waals surface area contributed by atoms with E-state index in [-0.39, 0.29) is 18.0 Å². The summed E-state index contributed by atoms with van der Waals surface area (Å²) in [6.07, 6.45) is 0.659. The van der Waals surface area contributed by atoms with Crippen molar-refractivity contribution in [1.29, 1.82) is 0 Å². The van der Waals surface area contributed by atoms with Crippen molar-refractivity contribution in [2.45, 2.75) is 82.7 Å². The number of sulfone groups is 1. The Morgan fingerprint density at radius 1 is 0.837 bits per heavy atom. The first-order chi connectivity index (χ1) is 20.2. The van der Waals surface area contributed by atoms with Crippen molar-refractivity contribution in [3.8, 4) is 5.75 Å². The van der Waals surface area contributed by atoms with Gasteiger partial charge in [0.2, 0.25) is 0 Å². The number of benzene rings is 2. The Hall–Kier alpha value is -2.53. The molecule has 0 saturated carbocycles. The summed E-state index contributed by atoms with van der Waals surface area (Å²) >= 11 is 0. The maximum absolute atomic E-state index is 13.6. The van der Waals surface area contributed by atoms with Gasteiger partial charge in [0.1, 0.15) is 11.6 Å². The molecular weight excluding hydrogens is 592 g/mol. The SMILES string of the molecule is CN(CCCCCCC1=C(c2ccc(F)cc2)CCCc2cc(O)ccc21)CCCCS(=O)(=O)CCC(F)(F)C(F)(F)F. The summed E-state index contributed by atoms with van der Waals surface area (Å²) in [5, 5.41) is 10.0. The minimum atomic E-state index is -5.75. The van der Waals surface area contributed by atoms with Gasteiger partial charge in [-0.15, -0.1) is 0 Å². The minimum Gasteiger partial charge on any atom is -0.508 e. The molecule has 0 fully saturated rings. The van der Waals surface area contributed by atoms with Gasteiger partial charge in [0.25, 0.3) is 0 Å². The largest absolute Gasteiger partial charge is 0.508 e. The van der Waals surface area contributed by atoms with Crippen LogP contribution in [0.1, 0.15) is 80.9 Å². The Bertz CT molecular complexity index is 1320. The third-order valence-electron chi connectivity index (χ3n) is 7.95. The average molecular weight is 634 g/mol. The van der Waals surface area contributed by atoms with Crippen molar-refractivity contribution in [2.75, 3.05) is 31.6 Å². The highest BCUT2D eigenvalue weighted by Crippen LogP contribution is 2.40. The van der Waals surface area contributed by atoms with Gasteiger partial charge in [-0.3, -0.25) is 0 Å². The van der Waals surface area contributed by atoms with E-state index < -0.39 is 39.9 Å². The average Bonchev–Trinajstić information content (AvgIpc) is 3.10. The van der Waals surface area contributed by atoms with E-state index >= 15 is 0 Å². The van der Waals surface area contributed by atoms with Crippen molar-refractivity contribution in [2.24, 2.45) is 0 Å². The summed E-state index contributed by atoms with van der Waals surface area (Å²) in [5.41, 5.74) is 5.76. The zero-order valence-electron chi connectivity index (χ0n) is 24.5. The third kappa shape index (κ3) is 10.8. The number of unbranched alkanes of at least 4 members (excludes halogenated alkanes) is 4. The number of allylic oxidation sites excluding steroid dienone is 2. The van der Waals surface area contributed by atoms with E-state index in [0.29, 0.717) is 13.0 Å². The Morgan fingerprint density at radius 2 is 1.49 bits per heavy atom. The first-order valence-electron chi connectivity index (χ1n) is 14.8. The lowest BCUT2D eigenvalue weighted by atomic mass is 9.89. The van der Waals surface area contributed by atoms with Gasteiger partial charge in [-0.1, -0.05) is 31.0 Å². The van der Waals surface area contributed by atoms with Gasteiger partial charge < -0.3 is 10.0 Å². The summed E-state index contributed by atoms with van der Waals surface area (Å²) in [5.74, 6) is -6.63. The van der Waals surface area contributed by atoms with Crippen LogP contribution >= 0.6 is 0 Å². The third-order valence-corrected chi connectivity index (χ3v) is 9.68. The molecule has 240 valence electrons. The fourth-order valence-electron chi connectivity index (χ4n) is 5.49. The molecule has 0 aliphatic heterocycles. The van der Waals surface area contributed by atoms with Gasteiger partial charge in [-0.25, -0.2) is 12.8 Å². The molecule has 2 aromatic rings. The molecule has 0 heterocycles. The number of rotatable bonds is 16. The van der Waals surface area contributed by atoms with Crippen molar-refractivity contribution in [1.82, 2.24) is 4.90 Å². The highest BCUT2D eigenvalue weighted by Gasteiger charge is 2.57. The van der Waals surface area contributed by atoms with Crippen molar-refractivity contribution in [3.63, 3.8) is 0 Å². The maximum atomic E-state index is 13.6. The molecule has 4 nitrogen and oxygen atoms in total. The molecule has 2 aromatic carbocycles. The number of nitrogens with zero attached hydrogens (tertiary/aromatic N) is 1. The molecule has 0 radical (unpaired) electrons. The normalized spacial score (nSPS) is 14.7. The van der Waals surface area contributed by atoms with E-state index in [2.05, 4.69) is 4.90 Å². The van der Waals surface area contributed by atoms with Crippen LogP contribution in [0, 0.1) is 5.82 Å². The number of phenols is 1. The van der Waals surface area contributed by atoms with Gasteiger partial charge in [0.05, 0.1) is 11.5 Å². The summed E-state index contributed by atoms with van der Waals surface area (Å²) in [4.78, 5) is 2.06. The zero-order chi connectivity index (χ0) is 31.7. The number of aromatic hydroxyl groups is 1. The van der Waals surface area contributed by atoms with Crippen LogP contribution in [-0.4, -0.2) is 62.2 Å². The predicted octanol–water partition coefficient (Wildman–Crippen LogP) is 8.44. The molecule has 0 unspecified atom stereocenters. The highest BCUT2D eigenvalue weighted by atomic mass is 32.2. The number of fused-ring (bicyclic) bond motifs is 1. The quantitative estimate of drug-likeness (QED) is 0.149. The molecule has 1 N–H and O–H groups in total. The molecule has 0 atom stereocenters. The van der Waals surface area contributed by atoms with Crippen LogP contribution in [0.15, 0.2) is 42.5 Å². The molecule has 0 aromatic heterocycles. The monoisotopic (exact) mass is 633 g/mol. The lowest BCUT2D eigenvalue weighted by molar-refractivity contribution is -0.282. The van der Waals surface area contributed by atoms with E-state index in [1.807, 2.05) is 31.3 Å². The van der Waals surface area contributed by atoms with Crippen LogP contribution in [0.3, 0.4) is 0 Å². The van der Waals surface area contributed by atoms with Crippen LogP contribution in [-0.2, 0) is 16.3 Å². The Kier molecular flexibility index (Phi) is 12.6. The molecule has 0 saturated heterocycles. The van der Waals surface area contributed by atoms with Crippen molar-refractivity contribution < 1.29 is 39.9 Å². The second kappa shape index (κ2) is 15.5. The molecule has 43 heavy (non-hydrogen) atoms. The van der Waals surface area contributed by atoms with Gasteiger partial charge in [-0.2, -0.15) is 22.0 Å². The van der Waals surface area contributed by atoms with Gasteiger partial charge in [0, 0.05) is 6.42 Å². The lowest BCUT2D eigenvalue weighted by Gasteiger charge is -2.19. The van der Waals surface area contributed by atoms with E-state index in [9.17, 15) is 39.9 Å². The Morgan fingerprint density at radius 3 is 2.16 bits per heavy atom. The Balaban J connectivity index is 1.42. The summed E-state index contributed by atoms with van der Waals surface area (Å²) in [7, 11) is -2.07. The molecule has 1 aliphatic carbocycles. The number of alkyl halides is 5. The predicted molar refractivity (Wildman–Crippen MR) is 158 cm³/mol. The van der Waals surface area contributed by atoms with E-state index in [4.69, 9.17) is 0 Å². The van der Waals surface area contributed by atoms with Gasteiger partial charge in [-0.05, 0) is 124 Å². The number of aryl methyl sites for hydroxylation is 1. The minimum absolute atomic E-state index is 0.203. The topological polar surface area (TPSA) is 57.6 Å². The fourth-order valence-corrected chi connectivity index (χ4v) is 6.90. The van der Waals surface area contributed by atoms with Gasteiger partial charge >= 0.3 is 12.1 Å². The number of halogens is 6. The number of hydrogen-bond donors (Lipinski definition) is 1. The van der Waals surface area contributed by atoms with Crippen LogP contribution in [0.5, 0.6) is 5.75 Å². The van der Waals surface area contributed by atoms with Crippen LogP contribution in [0.25, 0.3) is 11.1 Å². The smallest absolute Gasteiger partial charge is 0.453 e. The Labute approximate surface area is 250 Å². The summed E-state index contributed by atoms with van der Waals surface area (Å²) in [6, 6.07) is 12.1. The molecule has 0 bridgehead atoms. The molecule has 3 rings (SSSR count).